The molecule has 3 aliphatic rings. The summed E-state index contributed by atoms with van der Waals surface area (Å²) >= 11 is 0. The Labute approximate surface area is 189 Å². The molecule has 4 N–H and O–H groups in total. The van der Waals surface area contributed by atoms with E-state index in [9.17, 15) is 4.79 Å². The van der Waals surface area contributed by atoms with Crippen molar-refractivity contribution in [3.05, 3.63) is 53.5 Å². The number of carboxylic acid groups (broad SMARTS) is 1. The van der Waals surface area contributed by atoms with Crippen LogP contribution >= 0.6 is 0 Å². The maximum absolute atomic E-state index is 11.1. The molecule has 7 nitrogen and oxygen atoms in total. The molecule has 0 saturated carbocycles. The first-order valence-corrected chi connectivity index (χ1v) is 11.7. The van der Waals surface area contributed by atoms with Gasteiger partial charge in [0.25, 0.3) is 0 Å². The van der Waals surface area contributed by atoms with E-state index in [1.165, 1.54) is 5.57 Å². The molecule has 4 rings (SSSR count). The van der Waals surface area contributed by atoms with Crippen LogP contribution < -0.4 is 10.6 Å². The average molecular weight is 436 g/mol. The third-order valence-electron chi connectivity index (χ3n) is 7.04. The van der Waals surface area contributed by atoms with Gasteiger partial charge in [0.2, 0.25) is 0 Å². The zero-order valence-corrected chi connectivity index (χ0v) is 18.8. The van der Waals surface area contributed by atoms with Crippen LogP contribution in [0.3, 0.4) is 0 Å². The molecule has 1 aromatic rings. The highest BCUT2D eigenvalue weighted by Crippen LogP contribution is 2.46. The Balaban J connectivity index is 1.36. The molecule has 1 aliphatic heterocycles. The maximum atomic E-state index is 11.1. The van der Waals surface area contributed by atoms with Gasteiger partial charge >= 0.3 is 5.97 Å². The van der Waals surface area contributed by atoms with Gasteiger partial charge in [-0.25, -0.2) is 9.97 Å². The van der Waals surface area contributed by atoms with Crippen molar-refractivity contribution in [2.24, 2.45) is 17.8 Å². The van der Waals surface area contributed by atoms with Gasteiger partial charge in [0.1, 0.15) is 12.1 Å². The van der Waals surface area contributed by atoms with Crippen LogP contribution in [0.1, 0.15) is 62.7 Å². The van der Waals surface area contributed by atoms with E-state index in [-0.39, 0.29) is 23.8 Å². The molecular weight excluding hydrogens is 402 g/mol. The molecule has 0 spiro atoms. The van der Waals surface area contributed by atoms with Crippen molar-refractivity contribution in [1.29, 1.82) is 5.41 Å². The van der Waals surface area contributed by atoms with Crippen LogP contribution in [0.2, 0.25) is 0 Å². The second-order valence-electron chi connectivity index (χ2n) is 9.07. The van der Waals surface area contributed by atoms with Crippen LogP contribution in [0.5, 0.6) is 0 Å². The average Bonchev–Trinajstić information content (AvgIpc) is 2.77. The Morgan fingerprint density at radius 3 is 2.94 bits per heavy atom. The zero-order valence-electron chi connectivity index (χ0n) is 18.8. The predicted octanol–water partition coefficient (Wildman–Crippen LogP) is 4.24. The van der Waals surface area contributed by atoms with Crippen molar-refractivity contribution in [3.63, 3.8) is 0 Å². The van der Waals surface area contributed by atoms with Gasteiger partial charge in [-0.1, -0.05) is 44.2 Å². The molecule has 0 aromatic carbocycles. The van der Waals surface area contributed by atoms with E-state index in [2.05, 4.69) is 57.9 Å². The second kappa shape index (κ2) is 9.77. The molecule has 2 aliphatic carbocycles. The highest BCUT2D eigenvalue weighted by molar-refractivity contribution is 5.87. The number of rotatable bonds is 9. The maximum Gasteiger partial charge on any atom is 0.306 e. The van der Waals surface area contributed by atoms with Crippen LogP contribution in [0.25, 0.3) is 0 Å². The molecule has 0 amide bonds. The lowest BCUT2D eigenvalue weighted by molar-refractivity contribution is -0.142. The molecule has 7 heteroatoms. The van der Waals surface area contributed by atoms with Gasteiger partial charge in [-0.15, -0.1) is 0 Å². The standard InChI is InChI=1S/C25H33N5O2/c1-3-17(25(31)32)11-12-27-13-16-7-9-18(10-8-16)22-21-23(28-14-29-24(21)30-22)19-5-4-6-20(26)15(19)2/h4-5,7,9-10,14-17,19,22,26-27H,3,6,8,11-13H2,1-2H3,(H,31,32)(H,28,29,30). The predicted molar refractivity (Wildman–Crippen MR) is 126 cm³/mol. The molecule has 0 saturated heterocycles. The zero-order chi connectivity index (χ0) is 22.7. The smallest absolute Gasteiger partial charge is 0.306 e. The fourth-order valence-corrected chi connectivity index (χ4v) is 4.81. The molecule has 5 atom stereocenters. The summed E-state index contributed by atoms with van der Waals surface area (Å²) in [5.74, 6) is 0.630. The number of aliphatic carboxylic acids is 1. The van der Waals surface area contributed by atoms with E-state index in [0.717, 1.165) is 48.7 Å². The second-order valence-corrected chi connectivity index (χ2v) is 9.07. The highest BCUT2D eigenvalue weighted by atomic mass is 16.4. The fraction of sp³-hybridized carbons (Fsp3) is 0.520. The van der Waals surface area contributed by atoms with E-state index in [0.29, 0.717) is 18.8 Å². The van der Waals surface area contributed by atoms with Crippen molar-refractivity contribution in [3.8, 4) is 0 Å². The van der Waals surface area contributed by atoms with Crippen LogP contribution in [-0.2, 0) is 4.79 Å². The van der Waals surface area contributed by atoms with Crippen molar-refractivity contribution < 1.29 is 9.90 Å². The van der Waals surface area contributed by atoms with E-state index in [4.69, 9.17) is 10.5 Å². The third kappa shape index (κ3) is 4.53. The number of carboxylic acids is 1. The summed E-state index contributed by atoms with van der Waals surface area (Å²) in [6, 6.07) is 0.101. The summed E-state index contributed by atoms with van der Waals surface area (Å²) in [5.41, 5.74) is 4.20. The van der Waals surface area contributed by atoms with Crippen LogP contribution in [0.15, 0.2) is 42.3 Å². The van der Waals surface area contributed by atoms with E-state index >= 15 is 0 Å². The summed E-state index contributed by atoms with van der Waals surface area (Å²) < 4.78 is 0. The monoisotopic (exact) mass is 435 g/mol. The third-order valence-corrected chi connectivity index (χ3v) is 7.04. The van der Waals surface area contributed by atoms with Crippen molar-refractivity contribution in [2.75, 3.05) is 18.4 Å². The SMILES string of the molecule is CCC(CCNCC1C=CC(C2Nc3ncnc(C4C=CCC(=N)C4C)c32)=CC1)C(=O)O. The van der Waals surface area contributed by atoms with Gasteiger partial charge in [-0.2, -0.15) is 0 Å². The van der Waals surface area contributed by atoms with E-state index in [1.807, 2.05) is 6.92 Å². The Kier molecular flexibility index (Phi) is 6.84. The molecule has 0 radical (unpaired) electrons. The number of aromatic nitrogens is 2. The normalized spacial score (nSPS) is 27.2. The van der Waals surface area contributed by atoms with Crippen molar-refractivity contribution in [1.82, 2.24) is 15.3 Å². The summed E-state index contributed by atoms with van der Waals surface area (Å²) in [6.45, 7) is 5.62. The number of hydrogen-bond acceptors (Lipinski definition) is 6. The number of nitrogens with zero attached hydrogens (tertiary/aromatic N) is 2. The lowest BCUT2D eigenvalue weighted by Gasteiger charge is -2.37. The minimum absolute atomic E-state index is 0.101. The molecule has 0 fully saturated rings. The lowest BCUT2D eigenvalue weighted by atomic mass is 9.77. The van der Waals surface area contributed by atoms with Crippen molar-refractivity contribution >= 4 is 17.5 Å². The van der Waals surface area contributed by atoms with Crippen LogP contribution in [0.4, 0.5) is 5.82 Å². The van der Waals surface area contributed by atoms with E-state index < -0.39 is 5.97 Å². The molecule has 1 aromatic heterocycles. The number of hydrogen-bond donors (Lipinski definition) is 4. The summed E-state index contributed by atoms with van der Waals surface area (Å²) in [7, 11) is 0. The van der Waals surface area contributed by atoms with Gasteiger partial charge in [-0.3, -0.25) is 4.79 Å². The Hall–Kier alpha value is -2.80. The number of carbonyl (C=O) groups is 1. The summed E-state index contributed by atoms with van der Waals surface area (Å²) in [6.07, 6.45) is 15.7. The van der Waals surface area contributed by atoms with Gasteiger partial charge in [-0.05, 0) is 37.3 Å². The molecular formula is C25H33N5O2. The molecule has 170 valence electrons. The summed E-state index contributed by atoms with van der Waals surface area (Å²) in [4.78, 5) is 20.2. The van der Waals surface area contributed by atoms with E-state index in [1.54, 1.807) is 6.33 Å². The number of anilines is 1. The topological polar surface area (TPSA) is 111 Å². The minimum atomic E-state index is -0.703. The van der Waals surface area contributed by atoms with Crippen LogP contribution in [-0.4, -0.2) is 39.8 Å². The van der Waals surface area contributed by atoms with Gasteiger partial charge < -0.3 is 21.1 Å². The first-order chi connectivity index (χ1) is 15.5. The summed E-state index contributed by atoms with van der Waals surface area (Å²) in [5, 5.41) is 24.3. The molecule has 32 heavy (non-hydrogen) atoms. The fourth-order valence-electron chi connectivity index (χ4n) is 4.81. The van der Waals surface area contributed by atoms with Crippen molar-refractivity contribution in [2.45, 2.75) is 51.5 Å². The Bertz CT molecular complexity index is 967. The van der Waals surface area contributed by atoms with Gasteiger partial charge in [0.15, 0.2) is 0 Å². The molecule has 2 heterocycles. The number of fused-ring (bicyclic) bond motifs is 1. The Morgan fingerprint density at radius 1 is 1.38 bits per heavy atom. The minimum Gasteiger partial charge on any atom is -0.481 e. The highest BCUT2D eigenvalue weighted by Gasteiger charge is 2.37. The van der Waals surface area contributed by atoms with Crippen LogP contribution in [0, 0.1) is 23.2 Å². The van der Waals surface area contributed by atoms with Gasteiger partial charge in [0.05, 0.1) is 17.7 Å². The first-order valence-electron chi connectivity index (χ1n) is 11.7. The largest absolute Gasteiger partial charge is 0.481 e. The Morgan fingerprint density at radius 2 is 2.22 bits per heavy atom. The quantitative estimate of drug-likeness (QED) is 0.341. The van der Waals surface area contributed by atoms with Gasteiger partial charge in [0, 0.05) is 36.1 Å². The first kappa shape index (κ1) is 22.4. The molecule has 0 bridgehead atoms. The molecule has 5 unspecified atom stereocenters. The number of allylic oxidation sites excluding steroid dienone is 3. The number of nitrogens with one attached hydrogen (secondary N) is 3. The lowest BCUT2D eigenvalue weighted by Crippen LogP contribution is -2.32.